The molecule has 0 bridgehead atoms. The number of nitrogens with zero attached hydrogens (tertiary/aromatic N) is 4. The van der Waals surface area contributed by atoms with Crippen LogP contribution >= 0.6 is 0 Å². The van der Waals surface area contributed by atoms with E-state index < -0.39 is 0 Å². The van der Waals surface area contributed by atoms with E-state index in [0.29, 0.717) is 56.7 Å². The van der Waals surface area contributed by atoms with Gasteiger partial charge in [0.2, 0.25) is 5.89 Å². The number of ether oxygens (including phenoxy) is 1. The molecule has 5 rings (SSSR count). The molecule has 1 aromatic heterocycles. The quantitative estimate of drug-likeness (QED) is 0.681. The van der Waals surface area contributed by atoms with Crippen molar-refractivity contribution >= 4 is 11.8 Å². The summed E-state index contributed by atoms with van der Waals surface area (Å²) >= 11 is 0. The van der Waals surface area contributed by atoms with Crippen molar-refractivity contribution in [2.45, 2.75) is 51.0 Å². The van der Waals surface area contributed by atoms with Crippen LogP contribution in [0.5, 0.6) is 0 Å². The Labute approximate surface area is 198 Å². The van der Waals surface area contributed by atoms with Crippen LogP contribution in [0.2, 0.25) is 0 Å². The number of fused-ring (bicyclic) bond motifs is 1. The largest absolute Gasteiger partial charge is 0.370 e. The number of ketones is 1. The summed E-state index contributed by atoms with van der Waals surface area (Å²) in [6.07, 6.45) is 3.68. The van der Waals surface area contributed by atoms with Crippen LogP contribution in [-0.4, -0.2) is 70.6 Å². The van der Waals surface area contributed by atoms with Crippen LogP contribution in [0.1, 0.15) is 48.9 Å². The smallest absolute Gasteiger partial charge is 0.320 e. The Morgan fingerprint density at radius 3 is 2.59 bits per heavy atom. The number of carbonyl (C=O) groups is 2. The van der Waals surface area contributed by atoms with Gasteiger partial charge in [0.1, 0.15) is 12.4 Å². The molecule has 4 heterocycles. The standard InChI is InChI=1S/C25H31FN4O4/c1-16-27-24(34-28-16)13-22(17-2-4-20(26)5-3-17)18-6-9-29(10-7-18)25(32)30-11-8-23-19(14-30)12-21(31)15-33-23/h2-5,18-19,22-23H,6-15H2,1H3/t19-,22?,23+/m1/s1. The maximum atomic E-state index is 13.5. The monoisotopic (exact) mass is 470 g/mol. The summed E-state index contributed by atoms with van der Waals surface area (Å²) in [4.78, 5) is 33.2. The molecule has 0 N–H and O–H groups in total. The minimum atomic E-state index is -0.259. The molecule has 182 valence electrons. The normalized spacial score (nSPS) is 24.7. The van der Waals surface area contributed by atoms with E-state index in [0.717, 1.165) is 24.8 Å². The van der Waals surface area contributed by atoms with Gasteiger partial charge < -0.3 is 19.1 Å². The number of benzene rings is 1. The van der Waals surface area contributed by atoms with E-state index in [-0.39, 0.29) is 42.2 Å². The lowest BCUT2D eigenvalue weighted by atomic mass is 9.78. The van der Waals surface area contributed by atoms with Gasteiger partial charge in [-0.05, 0) is 55.7 Å². The van der Waals surface area contributed by atoms with Gasteiger partial charge in [-0.3, -0.25) is 4.79 Å². The molecule has 0 aliphatic carbocycles. The number of amides is 2. The van der Waals surface area contributed by atoms with Crippen LogP contribution in [0.15, 0.2) is 28.8 Å². The second kappa shape index (κ2) is 9.82. The summed E-state index contributed by atoms with van der Waals surface area (Å²) in [5.41, 5.74) is 1.05. The zero-order valence-corrected chi connectivity index (χ0v) is 19.5. The molecule has 3 fully saturated rings. The first-order valence-corrected chi connectivity index (χ1v) is 12.2. The Hall–Kier alpha value is -2.81. The number of hydrogen-bond donors (Lipinski definition) is 0. The fraction of sp³-hybridized carbons (Fsp3) is 0.600. The molecular formula is C25H31FN4O4. The van der Waals surface area contributed by atoms with E-state index in [2.05, 4.69) is 10.1 Å². The second-order valence-electron chi connectivity index (χ2n) is 9.79. The lowest BCUT2D eigenvalue weighted by Gasteiger charge is -2.43. The molecule has 3 aliphatic heterocycles. The van der Waals surface area contributed by atoms with Crippen LogP contribution in [0, 0.1) is 24.6 Å². The van der Waals surface area contributed by atoms with Crippen LogP contribution < -0.4 is 0 Å². The number of urea groups is 1. The van der Waals surface area contributed by atoms with Crippen molar-refractivity contribution in [1.29, 1.82) is 0 Å². The fourth-order valence-corrected chi connectivity index (χ4v) is 5.72. The molecule has 9 heteroatoms. The second-order valence-corrected chi connectivity index (χ2v) is 9.79. The van der Waals surface area contributed by atoms with E-state index in [9.17, 15) is 14.0 Å². The number of aromatic nitrogens is 2. The molecule has 0 radical (unpaired) electrons. The average molecular weight is 471 g/mol. The van der Waals surface area contributed by atoms with Crippen molar-refractivity contribution < 1.29 is 23.2 Å². The summed E-state index contributed by atoms with van der Waals surface area (Å²) in [7, 11) is 0. The average Bonchev–Trinajstić information content (AvgIpc) is 3.27. The number of likely N-dealkylation sites (tertiary alicyclic amines) is 2. The third kappa shape index (κ3) is 4.99. The molecule has 3 aliphatic rings. The van der Waals surface area contributed by atoms with Crippen molar-refractivity contribution in [3.05, 3.63) is 47.4 Å². The Kier molecular flexibility index (Phi) is 6.63. The number of rotatable bonds is 4. The number of hydrogen-bond acceptors (Lipinski definition) is 6. The zero-order valence-electron chi connectivity index (χ0n) is 19.5. The van der Waals surface area contributed by atoms with Gasteiger partial charge in [-0.15, -0.1) is 0 Å². The van der Waals surface area contributed by atoms with E-state index in [1.807, 2.05) is 21.9 Å². The van der Waals surface area contributed by atoms with Gasteiger partial charge in [0.15, 0.2) is 11.6 Å². The molecule has 2 aromatic rings. The zero-order chi connectivity index (χ0) is 23.7. The van der Waals surface area contributed by atoms with E-state index in [1.54, 1.807) is 6.92 Å². The lowest BCUT2D eigenvalue weighted by molar-refractivity contribution is -0.140. The molecule has 0 saturated carbocycles. The van der Waals surface area contributed by atoms with Crippen molar-refractivity contribution in [3.63, 3.8) is 0 Å². The Balaban J connectivity index is 1.22. The molecule has 1 unspecified atom stereocenters. The van der Waals surface area contributed by atoms with Crippen molar-refractivity contribution in [3.8, 4) is 0 Å². The predicted molar refractivity (Wildman–Crippen MR) is 121 cm³/mol. The van der Waals surface area contributed by atoms with Crippen LogP contribution in [-0.2, 0) is 16.0 Å². The highest BCUT2D eigenvalue weighted by molar-refractivity contribution is 5.81. The van der Waals surface area contributed by atoms with Gasteiger partial charge in [0.05, 0.1) is 6.10 Å². The third-order valence-corrected chi connectivity index (χ3v) is 7.52. The summed E-state index contributed by atoms with van der Waals surface area (Å²) in [5, 5.41) is 3.91. The predicted octanol–water partition coefficient (Wildman–Crippen LogP) is 3.36. The Morgan fingerprint density at radius 1 is 1.15 bits per heavy atom. The van der Waals surface area contributed by atoms with Crippen LogP contribution in [0.25, 0.3) is 0 Å². The topological polar surface area (TPSA) is 88.8 Å². The first-order chi connectivity index (χ1) is 16.5. The highest BCUT2D eigenvalue weighted by Crippen LogP contribution is 2.36. The SMILES string of the molecule is Cc1noc(CC(c2ccc(F)cc2)C2CCN(C(=O)N3CC[C@@H]4OCC(=O)C[C@@H]4C3)CC2)n1. The van der Waals surface area contributed by atoms with Crippen molar-refractivity contribution in [2.75, 3.05) is 32.8 Å². The summed E-state index contributed by atoms with van der Waals surface area (Å²) in [6.45, 7) is 4.60. The van der Waals surface area contributed by atoms with Crippen molar-refractivity contribution in [1.82, 2.24) is 19.9 Å². The molecule has 8 nitrogen and oxygen atoms in total. The summed E-state index contributed by atoms with van der Waals surface area (Å²) < 4.78 is 24.6. The fourth-order valence-electron chi connectivity index (χ4n) is 5.72. The molecule has 34 heavy (non-hydrogen) atoms. The molecule has 0 spiro atoms. The van der Waals surface area contributed by atoms with E-state index in [4.69, 9.17) is 9.26 Å². The van der Waals surface area contributed by atoms with Gasteiger partial charge in [-0.1, -0.05) is 17.3 Å². The molecular weight excluding hydrogens is 439 g/mol. The molecule has 3 atom stereocenters. The Morgan fingerprint density at radius 2 is 1.88 bits per heavy atom. The molecule has 1 aromatic carbocycles. The van der Waals surface area contributed by atoms with Crippen LogP contribution in [0.4, 0.5) is 9.18 Å². The number of piperidine rings is 2. The Bertz CT molecular complexity index is 1020. The number of aryl methyl sites for hydroxylation is 1. The van der Waals surface area contributed by atoms with E-state index in [1.165, 1.54) is 12.1 Å². The van der Waals surface area contributed by atoms with Gasteiger partial charge in [-0.2, -0.15) is 4.98 Å². The van der Waals surface area contributed by atoms with E-state index >= 15 is 0 Å². The number of Topliss-reactive ketones (excluding diaryl/α,β-unsaturated/α-hetero) is 1. The maximum absolute atomic E-state index is 13.5. The van der Waals surface area contributed by atoms with Gasteiger partial charge >= 0.3 is 6.03 Å². The first-order valence-electron chi connectivity index (χ1n) is 12.2. The van der Waals surface area contributed by atoms with Crippen molar-refractivity contribution in [2.24, 2.45) is 11.8 Å². The highest BCUT2D eigenvalue weighted by Gasteiger charge is 2.39. The molecule has 3 saturated heterocycles. The minimum absolute atomic E-state index is 0.0563. The van der Waals surface area contributed by atoms with Gasteiger partial charge in [0.25, 0.3) is 0 Å². The third-order valence-electron chi connectivity index (χ3n) is 7.52. The van der Waals surface area contributed by atoms with Crippen LogP contribution in [0.3, 0.4) is 0 Å². The summed E-state index contributed by atoms with van der Waals surface area (Å²) in [5.74, 6) is 1.58. The summed E-state index contributed by atoms with van der Waals surface area (Å²) in [6, 6.07) is 6.70. The number of carbonyl (C=O) groups excluding carboxylic acids is 2. The maximum Gasteiger partial charge on any atom is 0.320 e. The first kappa shape index (κ1) is 23.0. The lowest BCUT2D eigenvalue weighted by Crippen LogP contribution is -2.54. The number of halogens is 1. The van der Waals surface area contributed by atoms with Gasteiger partial charge in [-0.25, -0.2) is 9.18 Å². The highest BCUT2D eigenvalue weighted by atomic mass is 19.1. The minimum Gasteiger partial charge on any atom is -0.370 e. The van der Waals surface area contributed by atoms with Gasteiger partial charge in [0, 0.05) is 44.9 Å². The molecule has 2 amide bonds.